The lowest BCUT2D eigenvalue weighted by Crippen LogP contribution is -2.42. The van der Waals surface area contributed by atoms with Gasteiger partial charge in [0.1, 0.15) is 5.75 Å². The minimum absolute atomic E-state index is 0.230. The lowest BCUT2D eigenvalue weighted by Gasteiger charge is -2.34. The molecule has 1 atom stereocenters. The van der Waals surface area contributed by atoms with E-state index in [4.69, 9.17) is 14.5 Å². The van der Waals surface area contributed by atoms with E-state index in [1.54, 1.807) is 7.11 Å². The first-order valence-corrected chi connectivity index (χ1v) is 11.9. The molecule has 0 radical (unpaired) electrons. The van der Waals surface area contributed by atoms with Crippen LogP contribution in [0.25, 0.3) is 0 Å². The molecule has 176 valence electrons. The highest BCUT2D eigenvalue weighted by atomic mass is 16.5. The Morgan fingerprint density at radius 1 is 1.10 bits per heavy atom. The van der Waals surface area contributed by atoms with Crippen molar-refractivity contribution in [2.45, 2.75) is 39.7 Å². The van der Waals surface area contributed by atoms with Crippen LogP contribution in [-0.2, 0) is 4.74 Å². The second-order valence-corrected chi connectivity index (χ2v) is 7.82. The van der Waals surface area contributed by atoms with Gasteiger partial charge in [0.15, 0.2) is 5.96 Å². The normalized spacial score (nSPS) is 16.4. The third kappa shape index (κ3) is 9.05. The number of benzene rings is 1. The second kappa shape index (κ2) is 15.1. The summed E-state index contributed by atoms with van der Waals surface area (Å²) in [5, 5.41) is 6.91. The Morgan fingerprint density at radius 3 is 2.42 bits per heavy atom. The van der Waals surface area contributed by atoms with Crippen LogP contribution >= 0.6 is 0 Å². The van der Waals surface area contributed by atoms with E-state index in [1.807, 2.05) is 12.1 Å². The average Bonchev–Trinajstić information content (AvgIpc) is 2.82. The highest BCUT2D eigenvalue weighted by molar-refractivity contribution is 5.79. The standard InChI is InChI=1S/C24H43N5O2/c1-5-25-24(26-14-8-9-15-28(6-2)7-3)27-20-23(29-16-18-31-19-17-29)21-10-12-22(30-4)13-11-21/h10-13,23H,5-9,14-20H2,1-4H3,(H2,25,26,27). The molecule has 1 fully saturated rings. The number of hydrogen-bond acceptors (Lipinski definition) is 5. The predicted molar refractivity (Wildman–Crippen MR) is 129 cm³/mol. The molecule has 1 heterocycles. The summed E-state index contributed by atoms with van der Waals surface area (Å²) in [6, 6.07) is 8.61. The molecule has 2 N–H and O–H groups in total. The van der Waals surface area contributed by atoms with Crippen molar-refractivity contribution in [3.05, 3.63) is 29.8 Å². The van der Waals surface area contributed by atoms with Gasteiger partial charge in [0, 0.05) is 26.2 Å². The van der Waals surface area contributed by atoms with Crippen molar-refractivity contribution in [2.75, 3.05) is 72.7 Å². The molecule has 0 saturated carbocycles. The fourth-order valence-corrected chi connectivity index (χ4v) is 3.87. The number of unbranched alkanes of at least 4 members (excludes halogenated alkanes) is 1. The van der Waals surface area contributed by atoms with Crippen LogP contribution in [0.15, 0.2) is 29.3 Å². The maximum Gasteiger partial charge on any atom is 0.191 e. The minimum atomic E-state index is 0.230. The molecule has 0 spiro atoms. The summed E-state index contributed by atoms with van der Waals surface area (Å²) >= 11 is 0. The summed E-state index contributed by atoms with van der Waals surface area (Å²) < 4.78 is 10.9. The number of rotatable bonds is 13. The summed E-state index contributed by atoms with van der Waals surface area (Å²) in [4.78, 5) is 9.89. The molecule has 7 heteroatoms. The first-order valence-electron chi connectivity index (χ1n) is 11.9. The van der Waals surface area contributed by atoms with Gasteiger partial charge in [0.05, 0.1) is 32.9 Å². The monoisotopic (exact) mass is 433 g/mol. The first kappa shape index (κ1) is 25.4. The first-order chi connectivity index (χ1) is 15.2. The second-order valence-electron chi connectivity index (χ2n) is 7.82. The number of hydrogen-bond donors (Lipinski definition) is 2. The van der Waals surface area contributed by atoms with Gasteiger partial charge in [0.25, 0.3) is 0 Å². The van der Waals surface area contributed by atoms with Gasteiger partial charge >= 0.3 is 0 Å². The lowest BCUT2D eigenvalue weighted by atomic mass is 10.0. The Balaban J connectivity index is 1.96. The van der Waals surface area contributed by atoms with E-state index < -0.39 is 0 Å². The average molecular weight is 434 g/mol. The molecule has 2 rings (SSSR count). The zero-order valence-electron chi connectivity index (χ0n) is 20.0. The molecule has 0 amide bonds. The van der Waals surface area contributed by atoms with Crippen molar-refractivity contribution in [3.8, 4) is 5.75 Å². The summed E-state index contributed by atoms with van der Waals surface area (Å²) in [5.74, 6) is 1.78. The SMILES string of the molecule is CCNC(=NCC(c1ccc(OC)cc1)N1CCOCC1)NCCCCN(CC)CC. The van der Waals surface area contributed by atoms with Gasteiger partial charge in [-0.3, -0.25) is 9.89 Å². The molecular formula is C24H43N5O2. The third-order valence-electron chi connectivity index (χ3n) is 5.84. The molecular weight excluding hydrogens is 390 g/mol. The van der Waals surface area contributed by atoms with Gasteiger partial charge in [-0.05, 0) is 57.1 Å². The fourth-order valence-electron chi connectivity index (χ4n) is 3.87. The highest BCUT2D eigenvalue weighted by Gasteiger charge is 2.22. The lowest BCUT2D eigenvalue weighted by molar-refractivity contribution is 0.0179. The Hall–Kier alpha value is -1.83. The van der Waals surface area contributed by atoms with Crippen LogP contribution in [0, 0.1) is 0 Å². The van der Waals surface area contributed by atoms with Crippen LogP contribution in [0.2, 0.25) is 0 Å². The van der Waals surface area contributed by atoms with E-state index in [1.165, 1.54) is 18.5 Å². The van der Waals surface area contributed by atoms with E-state index in [9.17, 15) is 0 Å². The van der Waals surface area contributed by atoms with Crippen molar-refractivity contribution < 1.29 is 9.47 Å². The van der Waals surface area contributed by atoms with Gasteiger partial charge in [-0.1, -0.05) is 26.0 Å². The molecule has 1 unspecified atom stereocenters. The van der Waals surface area contributed by atoms with Crippen molar-refractivity contribution in [3.63, 3.8) is 0 Å². The van der Waals surface area contributed by atoms with E-state index in [2.05, 4.69) is 53.3 Å². The molecule has 1 aliphatic heterocycles. The van der Waals surface area contributed by atoms with Crippen LogP contribution in [0.1, 0.15) is 45.2 Å². The number of methoxy groups -OCH3 is 1. The maximum atomic E-state index is 5.57. The van der Waals surface area contributed by atoms with Crippen LogP contribution in [0.3, 0.4) is 0 Å². The third-order valence-corrected chi connectivity index (χ3v) is 5.84. The van der Waals surface area contributed by atoms with Crippen LogP contribution in [0.4, 0.5) is 0 Å². The van der Waals surface area contributed by atoms with Gasteiger partial charge in [-0.15, -0.1) is 0 Å². The summed E-state index contributed by atoms with van der Waals surface area (Å²) in [6.07, 6.45) is 2.35. The number of aliphatic imine (C=N–C) groups is 1. The topological polar surface area (TPSA) is 61.4 Å². The Bertz CT molecular complexity index is 613. The molecule has 0 aliphatic carbocycles. The minimum Gasteiger partial charge on any atom is -0.497 e. The largest absolute Gasteiger partial charge is 0.497 e. The van der Waals surface area contributed by atoms with E-state index in [0.29, 0.717) is 6.54 Å². The molecule has 0 bridgehead atoms. The number of ether oxygens (including phenoxy) is 2. The quantitative estimate of drug-likeness (QED) is 0.283. The van der Waals surface area contributed by atoms with Gasteiger partial charge in [-0.25, -0.2) is 0 Å². The van der Waals surface area contributed by atoms with Gasteiger partial charge in [-0.2, -0.15) is 0 Å². The molecule has 1 aromatic rings. The smallest absolute Gasteiger partial charge is 0.191 e. The zero-order valence-corrected chi connectivity index (χ0v) is 20.0. The van der Waals surface area contributed by atoms with Crippen molar-refractivity contribution in [1.29, 1.82) is 0 Å². The number of guanidine groups is 1. The molecule has 7 nitrogen and oxygen atoms in total. The highest BCUT2D eigenvalue weighted by Crippen LogP contribution is 2.24. The Morgan fingerprint density at radius 2 is 1.81 bits per heavy atom. The summed E-state index contributed by atoms with van der Waals surface area (Å²) in [5.41, 5.74) is 1.27. The fraction of sp³-hybridized carbons (Fsp3) is 0.708. The summed E-state index contributed by atoms with van der Waals surface area (Å²) in [6.45, 7) is 15.9. The van der Waals surface area contributed by atoms with Crippen LogP contribution in [0.5, 0.6) is 5.75 Å². The van der Waals surface area contributed by atoms with E-state index >= 15 is 0 Å². The molecule has 31 heavy (non-hydrogen) atoms. The van der Waals surface area contributed by atoms with Crippen molar-refractivity contribution >= 4 is 5.96 Å². The van der Waals surface area contributed by atoms with E-state index in [-0.39, 0.29) is 6.04 Å². The number of nitrogens with zero attached hydrogens (tertiary/aromatic N) is 3. The number of nitrogens with one attached hydrogen (secondary N) is 2. The van der Waals surface area contributed by atoms with Crippen molar-refractivity contribution in [2.24, 2.45) is 4.99 Å². The molecule has 1 aliphatic rings. The predicted octanol–water partition coefficient (Wildman–Crippen LogP) is 2.75. The molecule has 1 aromatic carbocycles. The Kier molecular flexibility index (Phi) is 12.3. The van der Waals surface area contributed by atoms with Gasteiger partial charge < -0.3 is 25.0 Å². The maximum absolute atomic E-state index is 5.57. The molecule has 0 aromatic heterocycles. The zero-order chi connectivity index (χ0) is 22.3. The van der Waals surface area contributed by atoms with Crippen molar-refractivity contribution in [1.82, 2.24) is 20.4 Å². The van der Waals surface area contributed by atoms with Crippen LogP contribution in [-0.4, -0.2) is 88.4 Å². The summed E-state index contributed by atoms with van der Waals surface area (Å²) in [7, 11) is 1.70. The van der Waals surface area contributed by atoms with E-state index in [0.717, 1.165) is 70.6 Å². The van der Waals surface area contributed by atoms with Crippen LogP contribution < -0.4 is 15.4 Å². The Labute approximate surface area is 189 Å². The molecule has 1 saturated heterocycles. The number of morpholine rings is 1. The van der Waals surface area contributed by atoms with Gasteiger partial charge in [0.2, 0.25) is 0 Å².